The highest BCUT2D eigenvalue weighted by Gasteiger charge is 2.39. The second-order valence-electron chi connectivity index (χ2n) is 11.7. The molecule has 0 fully saturated rings. The van der Waals surface area contributed by atoms with Gasteiger partial charge in [0.15, 0.2) is 0 Å². The van der Waals surface area contributed by atoms with Crippen molar-refractivity contribution in [2.24, 2.45) is 0 Å². The van der Waals surface area contributed by atoms with E-state index >= 15 is 0 Å². The van der Waals surface area contributed by atoms with Gasteiger partial charge in [-0.25, -0.2) is 4.79 Å². The Morgan fingerprint density at radius 2 is 1.70 bits per heavy atom. The van der Waals surface area contributed by atoms with E-state index in [1.807, 2.05) is 42.4 Å². The van der Waals surface area contributed by atoms with Crippen molar-refractivity contribution in [2.75, 3.05) is 0 Å². The number of carbonyl (C=O) groups is 1. The van der Waals surface area contributed by atoms with Crippen LogP contribution in [0.1, 0.15) is 73.1 Å². The van der Waals surface area contributed by atoms with E-state index in [-0.39, 0.29) is 10.8 Å². The van der Waals surface area contributed by atoms with Crippen LogP contribution in [0.5, 0.6) is 0 Å². The number of aromatic nitrogens is 2. The molecule has 0 unspecified atom stereocenters. The third-order valence-electron chi connectivity index (χ3n) is 8.28. The zero-order valence-corrected chi connectivity index (χ0v) is 22.7. The molecular weight excluding hydrogens is 476 g/mol. The topological polar surface area (TPSA) is 55.1 Å². The van der Waals surface area contributed by atoms with Gasteiger partial charge in [-0.05, 0) is 81.8 Å². The fraction of sp³-hybridized carbons (Fsp3) is 0.312. The first kappa shape index (κ1) is 24.1. The molecule has 0 saturated carbocycles. The fourth-order valence-electron chi connectivity index (χ4n) is 5.97. The highest BCUT2D eigenvalue weighted by molar-refractivity contribution is 7.98. The Morgan fingerprint density at radius 1 is 1.00 bits per heavy atom. The summed E-state index contributed by atoms with van der Waals surface area (Å²) in [5, 5.41) is 9.38. The van der Waals surface area contributed by atoms with Crippen molar-refractivity contribution in [3.8, 4) is 22.4 Å². The van der Waals surface area contributed by atoms with Crippen molar-refractivity contribution in [3.63, 3.8) is 0 Å². The summed E-state index contributed by atoms with van der Waals surface area (Å²) < 4.78 is 2.37. The van der Waals surface area contributed by atoms with Gasteiger partial charge >= 0.3 is 5.97 Å². The summed E-state index contributed by atoms with van der Waals surface area (Å²) in [7, 11) is 0. The minimum atomic E-state index is -0.900. The quantitative estimate of drug-likeness (QED) is 0.304. The first-order chi connectivity index (χ1) is 17.6. The van der Waals surface area contributed by atoms with Crippen LogP contribution >= 0.6 is 11.8 Å². The molecule has 3 heterocycles. The van der Waals surface area contributed by atoms with Crippen molar-refractivity contribution in [2.45, 2.75) is 68.6 Å². The van der Waals surface area contributed by atoms with Gasteiger partial charge < -0.3 is 9.67 Å². The van der Waals surface area contributed by atoms with E-state index in [9.17, 15) is 9.90 Å². The smallest absolute Gasteiger partial charge is 0.335 e. The lowest BCUT2D eigenvalue weighted by Gasteiger charge is -2.42. The van der Waals surface area contributed by atoms with E-state index in [1.165, 1.54) is 51.2 Å². The summed E-state index contributed by atoms with van der Waals surface area (Å²) in [4.78, 5) is 17.1. The Balaban J connectivity index is 1.56. The van der Waals surface area contributed by atoms with Gasteiger partial charge in [0.25, 0.3) is 0 Å². The van der Waals surface area contributed by atoms with Gasteiger partial charge in [-0.1, -0.05) is 45.9 Å². The molecule has 1 aliphatic heterocycles. The van der Waals surface area contributed by atoms with Crippen molar-refractivity contribution in [1.29, 1.82) is 0 Å². The Morgan fingerprint density at radius 3 is 2.35 bits per heavy atom. The second-order valence-corrected chi connectivity index (χ2v) is 12.7. The molecular formula is C32H32N2O2S. The van der Waals surface area contributed by atoms with Gasteiger partial charge in [0, 0.05) is 46.9 Å². The molecule has 2 aliphatic rings. The number of thioether (sulfide) groups is 1. The Hall–Kier alpha value is -3.31. The van der Waals surface area contributed by atoms with Crippen LogP contribution in [0, 0.1) is 0 Å². The number of hydrogen-bond donors (Lipinski definition) is 1. The lowest BCUT2D eigenvalue weighted by atomic mass is 9.63. The molecule has 2 aromatic heterocycles. The monoisotopic (exact) mass is 508 g/mol. The zero-order valence-electron chi connectivity index (χ0n) is 21.8. The lowest BCUT2D eigenvalue weighted by molar-refractivity contribution is 0.0697. The Bertz CT molecular complexity index is 1510. The van der Waals surface area contributed by atoms with Gasteiger partial charge in [0.05, 0.1) is 11.3 Å². The maximum absolute atomic E-state index is 11.4. The molecule has 0 spiro atoms. The number of rotatable bonds is 4. The second kappa shape index (κ2) is 8.63. The molecule has 0 atom stereocenters. The van der Waals surface area contributed by atoms with Gasteiger partial charge in [-0.2, -0.15) is 0 Å². The van der Waals surface area contributed by atoms with E-state index in [2.05, 4.69) is 61.6 Å². The first-order valence-electron chi connectivity index (χ1n) is 12.9. The SMILES string of the molecule is CC1(C)CCC(C)(C)c2cc3c(cc21)SCc1c(-c2ccc(C(=O)O)cc2)cn(Cc2cccnc2)c1-3. The molecule has 188 valence electrons. The molecule has 2 aromatic carbocycles. The lowest BCUT2D eigenvalue weighted by Crippen LogP contribution is -2.34. The molecule has 0 bridgehead atoms. The predicted octanol–water partition coefficient (Wildman–Crippen LogP) is 7.92. The summed E-state index contributed by atoms with van der Waals surface area (Å²) in [6.45, 7) is 10.3. The average Bonchev–Trinajstić information content (AvgIpc) is 3.25. The van der Waals surface area contributed by atoms with E-state index in [1.54, 1.807) is 12.1 Å². The molecule has 1 aliphatic carbocycles. The van der Waals surface area contributed by atoms with Gasteiger partial charge in [0.1, 0.15) is 0 Å². The number of pyridine rings is 1. The first-order valence-corrected chi connectivity index (χ1v) is 13.9. The minimum absolute atomic E-state index is 0.137. The molecule has 5 heteroatoms. The van der Waals surface area contributed by atoms with Crippen molar-refractivity contribution in [3.05, 3.63) is 94.9 Å². The van der Waals surface area contributed by atoms with E-state index < -0.39 is 5.97 Å². The standard InChI is InChI=1S/C32H32N2O2S/c1-31(2)11-12-32(3,4)27-15-28-23(14-26(27)31)29-25(19-37-28)24(21-7-9-22(10-8-21)30(35)36)18-34(29)17-20-6-5-13-33-16-20/h5-10,13-16,18H,11-12,17,19H2,1-4H3,(H,35,36). The van der Waals surface area contributed by atoms with Crippen LogP contribution in [0.3, 0.4) is 0 Å². The maximum atomic E-state index is 11.4. The third kappa shape index (κ3) is 4.10. The van der Waals surface area contributed by atoms with E-state index in [0.717, 1.165) is 23.4 Å². The number of hydrogen-bond acceptors (Lipinski definition) is 3. The van der Waals surface area contributed by atoms with Crippen molar-refractivity contribution >= 4 is 17.7 Å². The van der Waals surface area contributed by atoms with Crippen LogP contribution < -0.4 is 0 Å². The molecule has 4 aromatic rings. The number of benzene rings is 2. The summed E-state index contributed by atoms with van der Waals surface area (Å²) in [6, 6.07) is 16.3. The molecule has 0 saturated heterocycles. The highest BCUT2D eigenvalue weighted by Crippen LogP contribution is 2.53. The molecule has 37 heavy (non-hydrogen) atoms. The van der Waals surface area contributed by atoms with Crippen LogP contribution in [0.2, 0.25) is 0 Å². The third-order valence-corrected chi connectivity index (χ3v) is 9.36. The molecule has 6 rings (SSSR count). The average molecular weight is 509 g/mol. The number of carboxylic acid groups (broad SMARTS) is 1. The number of nitrogens with zero attached hydrogens (tertiary/aromatic N) is 2. The van der Waals surface area contributed by atoms with Crippen LogP contribution in [-0.4, -0.2) is 20.6 Å². The Labute approximate surface area is 222 Å². The van der Waals surface area contributed by atoms with Crippen LogP contribution in [0.4, 0.5) is 0 Å². The van der Waals surface area contributed by atoms with Crippen molar-refractivity contribution in [1.82, 2.24) is 9.55 Å². The number of aromatic carboxylic acids is 1. The normalized spacial score (nSPS) is 17.0. The van der Waals surface area contributed by atoms with E-state index in [0.29, 0.717) is 5.56 Å². The summed E-state index contributed by atoms with van der Waals surface area (Å²) in [5.41, 5.74) is 10.9. The highest BCUT2D eigenvalue weighted by atomic mass is 32.2. The Kier molecular flexibility index (Phi) is 5.61. The van der Waals surface area contributed by atoms with Crippen LogP contribution in [0.25, 0.3) is 22.4 Å². The van der Waals surface area contributed by atoms with Crippen LogP contribution in [-0.2, 0) is 23.1 Å². The summed E-state index contributed by atoms with van der Waals surface area (Å²) >= 11 is 1.92. The van der Waals surface area contributed by atoms with Gasteiger partial charge in [-0.15, -0.1) is 11.8 Å². The summed E-state index contributed by atoms with van der Waals surface area (Å²) in [5.74, 6) is -0.0106. The summed E-state index contributed by atoms with van der Waals surface area (Å²) in [6.07, 6.45) is 8.38. The van der Waals surface area contributed by atoms with Crippen molar-refractivity contribution < 1.29 is 9.90 Å². The minimum Gasteiger partial charge on any atom is -0.478 e. The van der Waals surface area contributed by atoms with Crippen LogP contribution in [0.15, 0.2) is 72.0 Å². The number of carboxylic acids is 1. The fourth-order valence-corrected chi connectivity index (χ4v) is 7.07. The maximum Gasteiger partial charge on any atom is 0.335 e. The zero-order chi connectivity index (χ0) is 25.9. The molecule has 0 radical (unpaired) electrons. The molecule has 1 N–H and O–H groups in total. The van der Waals surface area contributed by atoms with Gasteiger partial charge in [-0.3, -0.25) is 4.98 Å². The molecule has 4 nitrogen and oxygen atoms in total. The molecule has 0 amide bonds. The largest absolute Gasteiger partial charge is 0.478 e. The van der Waals surface area contributed by atoms with Gasteiger partial charge in [0.2, 0.25) is 0 Å². The predicted molar refractivity (Wildman–Crippen MR) is 150 cm³/mol. The van der Waals surface area contributed by atoms with E-state index in [4.69, 9.17) is 0 Å². The number of fused-ring (bicyclic) bond motifs is 4.